The van der Waals surface area contributed by atoms with Crippen molar-refractivity contribution in [3.05, 3.63) is 54.1 Å². The van der Waals surface area contributed by atoms with Gasteiger partial charge >= 0.3 is 0 Å². The number of amides is 2. The molecule has 3 rings (SSSR count). The van der Waals surface area contributed by atoms with E-state index in [-0.39, 0.29) is 24.2 Å². The number of carbonyl (C=O) groups excluding carboxylic acids is 2. The highest BCUT2D eigenvalue weighted by Crippen LogP contribution is 2.33. The van der Waals surface area contributed by atoms with E-state index >= 15 is 0 Å². The highest BCUT2D eigenvalue weighted by Gasteiger charge is 2.36. The van der Waals surface area contributed by atoms with E-state index in [4.69, 9.17) is 4.74 Å². The number of hydrogen-bond donors (Lipinski definition) is 1. The molecule has 5 heteroatoms. The molecular weight excluding hydrogens is 340 g/mol. The molecule has 0 radical (unpaired) electrons. The molecular formula is C22H26N2O3. The zero-order chi connectivity index (χ0) is 19.4. The average Bonchev–Trinajstić information content (AvgIpc) is 3.09. The molecule has 142 valence electrons. The summed E-state index contributed by atoms with van der Waals surface area (Å²) in [7, 11) is 1.60. The molecule has 1 heterocycles. The standard InChI is InChI=1S/C22H26N2O3/c1-4-15(2)19-7-5-6-8-20(19)24-14-16(13-21(24)25)22(26)23-17-9-11-18(27-3)12-10-17/h5-12,15-16H,4,13-14H2,1-3H3,(H,23,26)/t15-,16+/m0/s1. The number of para-hydroxylation sites is 1. The Morgan fingerprint density at radius 1 is 1.22 bits per heavy atom. The number of benzene rings is 2. The van der Waals surface area contributed by atoms with E-state index in [1.807, 2.05) is 18.2 Å². The van der Waals surface area contributed by atoms with E-state index in [1.54, 1.807) is 36.3 Å². The molecule has 1 aliphatic rings. The fourth-order valence-electron chi connectivity index (χ4n) is 3.40. The second kappa shape index (κ2) is 8.25. The lowest BCUT2D eigenvalue weighted by molar-refractivity contribution is -0.122. The van der Waals surface area contributed by atoms with Crippen LogP contribution in [-0.4, -0.2) is 25.5 Å². The van der Waals surface area contributed by atoms with Crippen LogP contribution >= 0.6 is 0 Å². The van der Waals surface area contributed by atoms with Gasteiger partial charge in [-0.15, -0.1) is 0 Å². The third-order valence-corrected chi connectivity index (χ3v) is 5.22. The second-order valence-electron chi connectivity index (χ2n) is 6.99. The Morgan fingerprint density at radius 3 is 2.59 bits per heavy atom. The summed E-state index contributed by atoms with van der Waals surface area (Å²) in [6, 6.07) is 15.2. The summed E-state index contributed by atoms with van der Waals surface area (Å²) in [5.74, 6) is 0.611. The van der Waals surface area contributed by atoms with Gasteiger partial charge in [0.05, 0.1) is 13.0 Å². The first-order valence-corrected chi connectivity index (χ1v) is 9.37. The number of anilines is 2. The van der Waals surface area contributed by atoms with Crippen molar-refractivity contribution in [2.75, 3.05) is 23.9 Å². The molecule has 0 unspecified atom stereocenters. The third kappa shape index (κ3) is 4.13. The molecule has 0 aliphatic carbocycles. The number of methoxy groups -OCH3 is 1. The van der Waals surface area contributed by atoms with Crippen molar-refractivity contribution in [1.29, 1.82) is 0 Å². The lowest BCUT2D eigenvalue weighted by Gasteiger charge is -2.23. The molecule has 2 aromatic carbocycles. The Labute approximate surface area is 160 Å². The molecule has 1 saturated heterocycles. The van der Waals surface area contributed by atoms with E-state index in [0.717, 1.165) is 23.4 Å². The summed E-state index contributed by atoms with van der Waals surface area (Å²) in [4.78, 5) is 27.0. The predicted molar refractivity (Wildman–Crippen MR) is 107 cm³/mol. The predicted octanol–water partition coefficient (Wildman–Crippen LogP) is 4.20. The maximum absolute atomic E-state index is 12.6. The molecule has 5 nitrogen and oxygen atoms in total. The molecule has 0 aromatic heterocycles. The summed E-state index contributed by atoms with van der Waals surface area (Å²) in [6.07, 6.45) is 1.23. The molecule has 0 bridgehead atoms. The quantitative estimate of drug-likeness (QED) is 0.833. The summed E-state index contributed by atoms with van der Waals surface area (Å²) in [5, 5.41) is 2.90. The lowest BCUT2D eigenvalue weighted by Crippen LogP contribution is -2.29. The van der Waals surface area contributed by atoms with Crippen LogP contribution in [0.15, 0.2) is 48.5 Å². The van der Waals surface area contributed by atoms with Crippen molar-refractivity contribution in [3.63, 3.8) is 0 Å². The van der Waals surface area contributed by atoms with Crippen LogP contribution in [0.1, 0.15) is 38.2 Å². The molecule has 1 fully saturated rings. The molecule has 1 aliphatic heterocycles. The van der Waals surface area contributed by atoms with Crippen molar-refractivity contribution < 1.29 is 14.3 Å². The minimum Gasteiger partial charge on any atom is -0.497 e. The average molecular weight is 366 g/mol. The van der Waals surface area contributed by atoms with Gasteiger partial charge in [-0.1, -0.05) is 32.0 Å². The maximum Gasteiger partial charge on any atom is 0.229 e. The van der Waals surface area contributed by atoms with Gasteiger partial charge in [-0.05, 0) is 48.2 Å². The Balaban J connectivity index is 1.72. The van der Waals surface area contributed by atoms with Gasteiger partial charge in [-0.2, -0.15) is 0 Å². The SMILES string of the molecule is CC[C@H](C)c1ccccc1N1C[C@H](C(=O)Nc2ccc(OC)cc2)CC1=O. The van der Waals surface area contributed by atoms with E-state index in [0.29, 0.717) is 18.2 Å². The topological polar surface area (TPSA) is 58.6 Å². The molecule has 27 heavy (non-hydrogen) atoms. The minimum atomic E-state index is -0.357. The van der Waals surface area contributed by atoms with Gasteiger partial charge in [0.15, 0.2) is 0 Å². The Morgan fingerprint density at radius 2 is 1.93 bits per heavy atom. The van der Waals surface area contributed by atoms with Crippen LogP contribution in [0.2, 0.25) is 0 Å². The molecule has 1 N–H and O–H groups in total. The summed E-state index contributed by atoms with van der Waals surface area (Å²) < 4.78 is 5.13. The normalized spacial score (nSPS) is 17.7. The molecule has 2 atom stereocenters. The first-order valence-electron chi connectivity index (χ1n) is 9.37. The first-order chi connectivity index (χ1) is 13.0. The van der Waals surface area contributed by atoms with Crippen LogP contribution in [0.4, 0.5) is 11.4 Å². The van der Waals surface area contributed by atoms with Crippen molar-refractivity contribution >= 4 is 23.2 Å². The second-order valence-corrected chi connectivity index (χ2v) is 6.99. The smallest absolute Gasteiger partial charge is 0.229 e. The summed E-state index contributed by atoms with van der Waals surface area (Å²) in [5.41, 5.74) is 2.79. The van der Waals surface area contributed by atoms with Gasteiger partial charge in [0, 0.05) is 24.3 Å². The van der Waals surface area contributed by atoms with E-state index in [2.05, 4.69) is 25.2 Å². The van der Waals surface area contributed by atoms with E-state index in [1.165, 1.54) is 0 Å². The van der Waals surface area contributed by atoms with Crippen LogP contribution in [0, 0.1) is 5.92 Å². The zero-order valence-corrected chi connectivity index (χ0v) is 16.1. The van der Waals surface area contributed by atoms with Crippen molar-refractivity contribution in [2.45, 2.75) is 32.6 Å². The fourth-order valence-corrected chi connectivity index (χ4v) is 3.40. The fraction of sp³-hybridized carbons (Fsp3) is 0.364. The van der Waals surface area contributed by atoms with Crippen LogP contribution < -0.4 is 15.0 Å². The highest BCUT2D eigenvalue weighted by atomic mass is 16.5. The van der Waals surface area contributed by atoms with E-state index in [9.17, 15) is 9.59 Å². The minimum absolute atomic E-state index is 0.000587. The van der Waals surface area contributed by atoms with Crippen LogP contribution in [-0.2, 0) is 9.59 Å². The Kier molecular flexibility index (Phi) is 5.79. The number of hydrogen-bond acceptors (Lipinski definition) is 3. The monoisotopic (exact) mass is 366 g/mol. The van der Waals surface area contributed by atoms with Crippen molar-refractivity contribution in [1.82, 2.24) is 0 Å². The van der Waals surface area contributed by atoms with Gasteiger partial charge < -0.3 is 15.0 Å². The van der Waals surface area contributed by atoms with Gasteiger partial charge in [0.25, 0.3) is 0 Å². The number of nitrogens with zero attached hydrogens (tertiary/aromatic N) is 1. The van der Waals surface area contributed by atoms with Gasteiger partial charge in [0.1, 0.15) is 5.75 Å². The van der Waals surface area contributed by atoms with Crippen LogP contribution in [0.3, 0.4) is 0 Å². The largest absolute Gasteiger partial charge is 0.497 e. The summed E-state index contributed by atoms with van der Waals surface area (Å²) >= 11 is 0. The highest BCUT2D eigenvalue weighted by molar-refractivity contribution is 6.03. The molecule has 2 aromatic rings. The third-order valence-electron chi connectivity index (χ3n) is 5.22. The van der Waals surface area contributed by atoms with Gasteiger partial charge in [-0.3, -0.25) is 9.59 Å². The number of ether oxygens (including phenoxy) is 1. The lowest BCUT2D eigenvalue weighted by atomic mass is 9.96. The molecule has 0 spiro atoms. The number of carbonyl (C=O) groups is 2. The first kappa shape index (κ1) is 19.0. The van der Waals surface area contributed by atoms with Crippen LogP contribution in [0.5, 0.6) is 5.75 Å². The molecule has 0 saturated carbocycles. The van der Waals surface area contributed by atoms with Gasteiger partial charge in [0.2, 0.25) is 11.8 Å². The Bertz CT molecular complexity index is 817. The van der Waals surface area contributed by atoms with Crippen molar-refractivity contribution in [2.24, 2.45) is 5.92 Å². The zero-order valence-electron chi connectivity index (χ0n) is 16.1. The Hall–Kier alpha value is -2.82. The van der Waals surface area contributed by atoms with Crippen LogP contribution in [0.25, 0.3) is 0 Å². The van der Waals surface area contributed by atoms with E-state index < -0.39 is 0 Å². The molecule has 2 amide bonds. The number of rotatable bonds is 6. The van der Waals surface area contributed by atoms with Gasteiger partial charge in [-0.25, -0.2) is 0 Å². The maximum atomic E-state index is 12.6. The number of nitrogens with one attached hydrogen (secondary N) is 1. The summed E-state index contributed by atoms with van der Waals surface area (Å²) in [6.45, 7) is 4.71. The van der Waals surface area contributed by atoms with Crippen molar-refractivity contribution in [3.8, 4) is 5.75 Å².